The molecule has 5 nitrogen and oxygen atoms in total. The van der Waals surface area contributed by atoms with Crippen molar-refractivity contribution in [1.82, 2.24) is 9.88 Å². The molecule has 0 unspecified atom stereocenters. The van der Waals surface area contributed by atoms with Crippen LogP contribution in [0, 0.1) is 0 Å². The standard InChI is InChI=1S/C18H22N2O3/c1-20(12-9-15-7-10-19-11-8-15)18(21)16-5-3-4-6-17(16)23-14-13-22-2/h3-8,10-11H,9,12-14H2,1-2H3. The van der Waals surface area contributed by atoms with Crippen LogP contribution in [0.1, 0.15) is 15.9 Å². The average molecular weight is 314 g/mol. The lowest BCUT2D eigenvalue weighted by atomic mass is 10.1. The van der Waals surface area contributed by atoms with Gasteiger partial charge in [-0.05, 0) is 36.2 Å². The van der Waals surface area contributed by atoms with Crippen molar-refractivity contribution in [2.45, 2.75) is 6.42 Å². The third-order valence-electron chi connectivity index (χ3n) is 3.49. The first kappa shape index (κ1) is 17.0. The first-order valence-electron chi connectivity index (χ1n) is 7.57. The topological polar surface area (TPSA) is 51.7 Å². The number of para-hydroxylation sites is 1. The number of rotatable bonds is 8. The first-order chi connectivity index (χ1) is 11.2. The van der Waals surface area contributed by atoms with Gasteiger partial charge in [-0.15, -0.1) is 0 Å². The van der Waals surface area contributed by atoms with Gasteiger partial charge in [-0.3, -0.25) is 9.78 Å². The maximum atomic E-state index is 12.6. The Kier molecular flexibility index (Phi) is 6.56. The van der Waals surface area contributed by atoms with Gasteiger partial charge in [0.05, 0.1) is 12.2 Å². The number of pyridine rings is 1. The molecule has 2 rings (SSSR count). The molecular weight excluding hydrogens is 292 g/mol. The van der Waals surface area contributed by atoms with Crippen LogP contribution in [0.25, 0.3) is 0 Å². The lowest BCUT2D eigenvalue weighted by Crippen LogP contribution is -2.29. The van der Waals surface area contributed by atoms with Gasteiger partial charge >= 0.3 is 0 Å². The monoisotopic (exact) mass is 314 g/mol. The molecule has 0 aliphatic heterocycles. The Morgan fingerprint density at radius 2 is 1.87 bits per heavy atom. The van der Waals surface area contributed by atoms with Gasteiger partial charge in [0.2, 0.25) is 0 Å². The quantitative estimate of drug-likeness (QED) is 0.702. The van der Waals surface area contributed by atoms with E-state index in [1.807, 2.05) is 24.3 Å². The number of benzene rings is 1. The molecule has 0 fully saturated rings. The Bertz CT molecular complexity index is 617. The second-order valence-corrected chi connectivity index (χ2v) is 5.17. The average Bonchev–Trinajstić information content (AvgIpc) is 2.60. The van der Waals surface area contributed by atoms with E-state index in [9.17, 15) is 4.79 Å². The van der Waals surface area contributed by atoms with Crippen LogP contribution in [0.4, 0.5) is 0 Å². The largest absolute Gasteiger partial charge is 0.490 e. The molecule has 23 heavy (non-hydrogen) atoms. The van der Waals surface area contributed by atoms with Crippen LogP contribution in [-0.4, -0.2) is 49.7 Å². The van der Waals surface area contributed by atoms with E-state index in [0.29, 0.717) is 31.1 Å². The number of ether oxygens (including phenoxy) is 2. The summed E-state index contributed by atoms with van der Waals surface area (Å²) in [7, 11) is 3.42. The normalized spacial score (nSPS) is 10.3. The van der Waals surface area contributed by atoms with Crippen LogP contribution < -0.4 is 4.74 Å². The Balaban J connectivity index is 1.98. The summed E-state index contributed by atoms with van der Waals surface area (Å²) >= 11 is 0. The van der Waals surface area contributed by atoms with Crippen LogP contribution >= 0.6 is 0 Å². The highest BCUT2D eigenvalue weighted by atomic mass is 16.5. The zero-order chi connectivity index (χ0) is 16.5. The van der Waals surface area contributed by atoms with E-state index >= 15 is 0 Å². The van der Waals surface area contributed by atoms with Crippen molar-refractivity contribution in [2.24, 2.45) is 0 Å². The second kappa shape index (κ2) is 8.90. The highest BCUT2D eigenvalue weighted by Crippen LogP contribution is 2.19. The van der Waals surface area contributed by atoms with Crippen LogP contribution in [0.3, 0.4) is 0 Å². The van der Waals surface area contributed by atoms with E-state index < -0.39 is 0 Å². The molecule has 0 saturated carbocycles. The summed E-state index contributed by atoms with van der Waals surface area (Å²) in [4.78, 5) is 18.3. The summed E-state index contributed by atoms with van der Waals surface area (Å²) in [5.41, 5.74) is 1.73. The molecule has 0 radical (unpaired) electrons. The Morgan fingerprint density at radius 1 is 1.13 bits per heavy atom. The molecule has 1 aromatic carbocycles. The summed E-state index contributed by atoms with van der Waals surface area (Å²) in [5.74, 6) is 0.539. The fourth-order valence-electron chi connectivity index (χ4n) is 2.16. The van der Waals surface area contributed by atoms with E-state index in [1.54, 1.807) is 43.6 Å². The first-order valence-corrected chi connectivity index (χ1v) is 7.57. The molecule has 0 aliphatic carbocycles. The zero-order valence-electron chi connectivity index (χ0n) is 13.6. The number of aromatic nitrogens is 1. The third-order valence-corrected chi connectivity index (χ3v) is 3.49. The maximum Gasteiger partial charge on any atom is 0.257 e. The summed E-state index contributed by atoms with van der Waals surface area (Å²) in [5, 5.41) is 0. The molecule has 0 N–H and O–H groups in total. The molecular formula is C18H22N2O3. The molecule has 0 bridgehead atoms. The molecule has 122 valence electrons. The van der Waals surface area contributed by atoms with Crippen molar-refractivity contribution < 1.29 is 14.3 Å². The van der Waals surface area contributed by atoms with Crippen LogP contribution in [0.15, 0.2) is 48.8 Å². The molecule has 0 aliphatic rings. The number of methoxy groups -OCH3 is 1. The second-order valence-electron chi connectivity index (χ2n) is 5.17. The highest BCUT2D eigenvalue weighted by molar-refractivity contribution is 5.96. The number of carbonyl (C=O) groups excluding carboxylic acids is 1. The smallest absolute Gasteiger partial charge is 0.257 e. The van der Waals surface area contributed by atoms with Crippen LogP contribution in [0.2, 0.25) is 0 Å². The van der Waals surface area contributed by atoms with E-state index in [2.05, 4.69) is 4.98 Å². The predicted octanol–water partition coefficient (Wildman–Crippen LogP) is 2.42. The summed E-state index contributed by atoms with van der Waals surface area (Å²) in [6, 6.07) is 11.2. The van der Waals surface area contributed by atoms with Gasteiger partial charge in [0.25, 0.3) is 5.91 Å². The van der Waals surface area contributed by atoms with E-state index in [0.717, 1.165) is 12.0 Å². The molecule has 1 amide bonds. The van der Waals surface area contributed by atoms with Crippen molar-refractivity contribution >= 4 is 5.91 Å². The van der Waals surface area contributed by atoms with E-state index in [-0.39, 0.29) is 5.91 Å². The fraction of sp³-hybridized carbons (Fsp3) is 0.333. The number of amides is 1. The highest BCUT2D eigenvalue weighted by Gasteiger charge is 2.16. The van der Waals surface area contributed by atoms with Gasteiger partial charge in [0, 0.05) is 33.1 Å². The minimum Gasteiger partial charge on any atom is -0.490 e. The Morgan fingerprint density at radius 3 is 2.61 bits per heavy atom. The van der Waals surface area contributed by atoms with Crippen molar-refractivity contribution in [3.05, 3.63) is 59.9 Å². The molecule has 0 spiro atoms. The van der Waals surface area contributed by atoms with Gasteiger partial charge in [-0.1, -0.05) is 12.1 Å². The van der Waals surface area contributed by atoms with Gasteiger partial charge in [-0.25, -0.2) is 0 Å². The number of hydrogen-bond donors (Lipinski definition) is 0. The lowest BCUT2D eigenvalue weighted by molar-refractivity contribution is 0.0789. The predicted molar refractivity (Wildman–Crippen MR) is 88.7 cm³/mol. The SMILES string of the molecule is COCCOc1ccccc1C(=O)N(C)CCc1ccncc1. The molecule has 5 heteroatoms. The minimum atomic E-state index is -0.0490. The van der Waals surface area contributed by atoms with Crippen molar-refractivity contribution in [2.75, 3.05) is 33.9 Å². The van der Waals surface area contributed by atoms with Crippen LogP contribution in [0.5, 0.6) is 5.75 Å². The third kappa shape index (κ3) is 5.07. The molecule has 0 saturated heterocycles. The number of likely N-dealkylation sites (N-methyl/N-ethyl adjacent to an activating group) is 1. The fourth-order valence-corrected chi connectivity index (χ4v) is 2.16. The molecule has 0 atom stereocenters. The Hall–Kier alpha value is -2.40. The molecule has 2 aromatic rings. The summed E-state index contributed by atoms with van der Waals surface area (Å²) < 4.78 is 10.6. The number of nitrogens with zero attached hydrogens (tertiary/aromatic N) is 2. The summed E-state index contributed by atoms with van der Waals surface area (Å²) in [6.07, 6.45) is 4.31. The minimum absolute atomic E-state index is 0.0490. The molecule has 1 heterocycles. The van der Waals surface area contributed by atoms with Gasteiger partial charge in [0.1, 0.15) is 12.4 Å². The lowest BCUT2D eigenvalue weighted by Gasteiger charge is -2.19. The van der Waals surface area contributed by atoms with Gasteiger partial charge in [0.15, 0.2) is 0 Å². The molecule has 1 aromatic heterocycles. The number of hydrogen-bond acceptors (Lipinski definition) is 4. The maximum absolute atomic E-state index is 12.6. The van der Waals surface area contributed by atoms with Crippen LogP contribution in [-0.2, 0) is 11.2 Å². The van der Waals surface area contributed by atoms with E-state index in [4.69, 9.17) is 9.47 Å². The number of carbonyl (C=O) groups is 1. The van der Waals surface area contributed by atoms with E-state index in [1.165, 1.54) is 0 Å². The van der Waals surface area contributed by atoms with Gasteiger partial charge < -0.3 is 14.4 Å². The van der Waals surface area contributed by atoms with Crippen molar-refractivity contribution in [1.29, 1.82) is 0 Å². The Labute approximate surface area is 136 Å². The van der Waals surface area contributed by atoms with Crippen molar-refractivity contribution in [3.8, 4) is 5.75 Å². The zero-order valence-corrected chi connectivity index (χ0v) is 13.6. The summed E-state index contributed by atoms with van der Waals surface area (Å²) in [6.45, 7) is 1.54. The van der Waals surface area contributed by atoms with Gasteiger partial charge in [-0.2, -0.15) is 0 Å². The van der Waals surface area contributed by atoms with Crippen molar-refractivity contribution in [3.63, 3.8) is 0 Å².